The number of carboxylic acid groups (broad SMARTS) is 1. The fraction of sp³-hybridized carbons (Fsp3) is 0.320. The standard InChI is InChI=1S/C25H24N4O6S2/c30-15-27(13-16-5-2-1-3-6-16)22(24(32)33)29-17(8-9-20-26-10-12-37-20)21(23(29)31)28-18(14-35-25(28)34)19-7-4-11-36-19/h1-7,10-12,15,17-18,21-22H,8-9,13-14H2,(H,32,33)/t17?,18-,21?,22?/m0/s1. The maximum Gasteiger partial charge on any atom is 0.411 e. The molecule has 3 unspecified atom stereocenters. The number of hydrogen-bond acceptors (Lipinski definition) is 8. The molecule has 2 aromatic heterocycles. The quantitative estimate of drug-likeness (QED) is 0.293. The minimum absolute atomic E-state index is 0.0124. The highest BCUT2D eigenvalue weighted by atomic mass is 32.1. The molecular formula is C25H24N4O6S2. The zero-order chi connectivity index (χ0) is 25.9. The molecule has 1 aromatic carbocycles. The molecule has 1 N–H and O–H groups in total. The van der Waals surface area contributed by atoms with Crippen molar-refractivity contribution in [2.75, 3.05) is 6.61 Å². The van der Waals surface area contributed by atoms with E-state index >= 15 is 0 Å². The molecule has 4 heterocycles. The van der Waals surface area contributed by atoms with Gasteiger partial charge in [0.1, 0.15) is 18.7 Å². The van der Waals surface area contributed by atoms with Gasteiger partial charge in [-0.2, -0.15) is 0 Å². The number of amides is 3. The summed E-state index contributed by atoms with van der Waals surface area (Å²) in [5.41, 5.74) is 0.727. The summed E-state index contributed by atoms with van der Waals surface area (Å²) >= 11 is 2.92. The van der Waals surface area contributed by atoms with E-state index in [2.05, 4.69) is 4.98 Å². The van der Waals surface area contributed by atoms with Gasteiger partial charge >= 0.3 is 12.1 Å². The Morgan fingerprint density at radius 3 is 2.65 bits per heavy atom. The van der Waals surface area contributed by atoms with Crippen molar-refractivity contribution in [2.45, 2.75) is 43.7 Å². The first-order valence-electron chi connectivity index (χ1n) is 11.7. The summed E-state index contributed by atoms with van der Waals surface area (Å²) in [6, 6.07) is 10.7. The Morgan fingerprint density at radius 1 is 1.19 bits per heavy atom. The maximum atomic E-state index is 13.7. The van der Waals surface area contributed by atoms with Crippen LogP contribution in [0.5, 0.6) is 0 Å². The number of carbonyl (C=O) groups excluding carboxylic acids is 3. The van der Waals surface area contributed by atoms with Crippen LogP contribution in [0, 0.1) is 0 Å². The molecule has 0 bridgehead atoms. The zero-order valence-electron chi connectivity index (χ0n) is 19.6. The number of aromatic nitrogens is 1. The van der Waals surface area contributed by atoms with Crippen molar-refractivity contribution in [2.24, 2.45) is 0 Å². The predicted molar refractivity (Wildman–Crippen MR) is 135 cm³/mol. The van der Waals surface area contributed by atoms with Crippen LogP contribution in [-0.4, -0.2) is 74.0 Å². The third-order valence-electron chi connectivity index (χ3n) is 6.59. The third-order valence-corrected chi connectivity index (χ3v) is 8.40. The highest BCUT2D eigenvalue weighted by Crippen LogP contribution is 2.40. The Balaban J connectivity index is 1.46. The highest BCUT2D eigenvalue weighted by Gasteiger charge is 2.59. The van der Waals surface area contributed by atoms with E-state index in [9.17, 15) is 24.3 Å². The second-order valence-corrected chi connectivity index (χ2v) is 10.7. The second kappa shape index (κ2) is 10.7. The summed E-state index contributed by atoms with van der Waals surface area (Å²) in [5, 5.41) is 14.7. The molecule has 2 saturated heterocycles. The van der Waals surface area contributed by atoms with E-state index in [0.717, 1.165) is 20.3 Å². The van der Waals surface area contributed by atoms with Gasteiger partial charge in [0.2, 0.25) is 18.5 Å². The molecule has 12 heteroatoms. The number of thiazole rings is 1. The molecule has 4 atom stereocenters. The topological polar surface area (TPSA) is 120 Å². The predicted octanol–water partition coefficient (Wildman–Crippen LogP) is 2.98. The molecule has 0 aliphatic carbocycles. The fourth-order valence-corrected chi connectivity index (χ4v) is 6.38. The second-order valence-electron chi connectivity index (χ2n) is 8.71. The van der Waals surface area contributed by atoms with Gasteiger partial charge in [0.15, 0.2) is 0 Å². The van der Waals surface area contributed by atoms with Gasteiger partial charge in [0.05, 0.1) is 11.0 Å². The van der Waals surface area contributed by atoms with Crippen molar-refractivity contribution in [3.8, 4) is 0 Å². The molecule has 2 aliphatic heterocycles. The molecule has 2 fully saturated rings. The Kier molecular flexibility index (Phi) is 7.19. The summed E-state index contributed by atoms with van der Waals surface area (Å²) in [5.74, 6) is -1.86. The lowest BCUT2D eigenvalue weighted by atomic mass is 9.87. The van der Waals surface area contributed by atoms with Gasteiger partial charge in [-0.15, -0.1) is 22.7 Å². The molecule has 37 heavy (non-hydrogen) atoms. The molecule has 3 amide bonds. The van der Waals surface area contributed by atoms with Gasteiger partial charge in [-0.3, -0.25) is 14.5 Å². The van der Waals surface area contributed by atoms with E-state index in [-0.39, 0.29) is 13.2 Å². The molecule has 0 spiro atoms. The monoisotopic (exact) mass is 540 g/mol. The van der Waals surface area contributed by atoms with Crippen molar-refractivity contribution in [3.63, 3.8) is 0 Å². The lowest BCUT2D eigenvalue weighted by molar-refractivity contribution is -0.183. The number of nitrogens with zero attached hydrogens (tertiary/aromatic N) is 4. The van der Waals surface area contributed by atoms with Crippen LogP contribution in [0.25, 0.3) is 0 Å². The largest absolute Gasteiger partial charge is 0.478 e. The van der Waals surface area contributed by atoms with Crippen LogP contribution in [0.1, 0.15) is 27.9 Å². The lowest BCUT2D eigenvalue weighted by Crippen LogP contribution is -2.76. The Bertz CT molecular complexity index is 1250. The van der Waals surface area contributed by atoms with Crippen molar-refractivity contribution in [1.82, 2.24) is 19.7 Å². The van der Waals surface area contributed by atoms with Crippen molar-refractivity contribution in [3.05, 3.63) is 74.9 Å². The SMILES string of the molecule is O=CN(Cc1ccccc1)C(C(=O)O)N1C(=O)C(N2C(=O)OC[C@H]2c2cccs2)C1CCc1nccs1. The van der Waals surface area contributed by atoms with Crippen molar-refractivity contribution >= 4 is 47.1 Å². The number of aliphatic carboxylic acids is 1. The summed E-state index contributed by atoms with van der Waals surface area (Å²) in [6.45, 7) is 0.123. The van der Waals surface area contributed by atoms with Crippen LogP contribution in [0.4, 0.5) is 4.79 Å². The zero-order valence-corrected chi connectivity index (χ0v) is 21.2. The molecule has 3 aromatic rings. The smallest absolute Gasteiger partial charge is 0.411 e. The highest BCUT2D eigenvalue weighted by molar-refractivity contribution is 7.10. The molecule has 0 saturated carbocycles. The van der Waals surface area contributed by atoms with Gasteiger partial charge < -0.3 is 19.6 Å². The minimum atomic E-state index is -1.53. The van der Waals surface area contributed by atoms with E-state index in [1.54, 1.807) is 30.5 Å². The Hall–Kier alpha value is -3.77. The molecular weight excluding hydrogens is 516 g/mol. The third kappa shape index (κ3) is 4.81. The average molecular weight is 541 g/mol. The van der Waals surface area contributed by atoms with Gasteiger partial charge in [0, 0.05) is 29.4 Å². The number of β-lactam (4-membered cyclic amide) rings is 1. The van der Waals surface area contributed by atoms with E-state index in [0.29, 0.717) is 19.3 Å². The van der Waals surface area contributed by atoms with Gasteiger partial charge in [-0.1, -0.05) is 36.4 Å². The van der Waals surface area contributed by atoms with Crippen molar-refractivity contribution in [1.29, 1.82) is 0 Å². The summed E-state index contributed by atoms with van der Waals surface area (Å²) < 4.78 is 5.33. The number of benzene rings is 1. The number of cyclic esters (lactones) is 1. The van der Waals surface area contributed by atoms with Gasteiger partial charge in [0.25, 0.3) is 0 Å². The Morgan fingerprint density at radius 2 is 2.00 bits per heavy atom. The number of rotatable bonds is 11. The van der Waals surface area contributed by atoms with E-state index in [4.69, 9.17) is 4.74 Å². The lowest BCUT2D eigenvalue weighted by Gasteiger charge is -2.54. The average Bonchev–Trinajstić information content (AvgIpc) is 3.67. The van der Waals surface area contributed by atoms with Crippen LogP contribution in [0.3, 0.4) is 0 Å². The van der Waals surface area contributed by atoms with Crippen LogP contribution in [0.15, 0.2) is 59.4 Å². The summed E-state index contributed by atoms with van der Waals surface area (Å²) in [4.78, 5) is 60.0. The van der Waals surface area contributed by atoms with Crippen LogP contribution >= 0.6 is 22.7 Å². The number of aryl methyl sites for hydroxylation is 1. The molecule has 192 valence electrons. The van der Waals surface area contributed by atoms with Crippen LogP contribution in [-0.2, 0) is 32.1 Å². The summed E-state index contributed by atoms with van der Waals surface area (Å²) in [7, 11) is 0. The van der Waals surface area contributed by atoms with Crippen molar-refractivity contribution < 1.29 is 29.0 Å². The first kappa shape index (κ1) is 24.9. The number of ether oxygens (including phenoxy) is 1. The molecule has 10 nitrogen and oxygen atoms in total. The molecule has 0 radical (unpaired) electrons. The minimum Gasteiger partial charge on any atom is -0.478 e. The van der Waals surface area contributed by atoms with E-state index < -0.39 is 42.3 Å². The summed E-state index contributed by atoms with van der Waals surface area (Å²) in [6.07, 6.45) is 0.844. The van der Waals surface area contributed by atoms with Gasteiger partial charge in [-0.25, -0.2) is 14.6 Å². The number of thiophene rings is 1. The Labute approximate surface area is 220 Å². The molecule has 5 rings (SSSR count). The maximum absolute atomic E-state index is 13.7. The number of hydrogen-bond donors (Lipinski definition) is 1. The fourth-order valence-electron chi connectivity index (χ4n) is 4.94. The van der Waals surface area contributed by atoms with Gasteiger partial charge in [-0.05, 0) is 23.4 Å². The van der Waals surface area contributed by atoms with E-state index in [1.807, 2.05) is 29.0 Å². The normalized spacial score (nSPS) is 21.9. The van der Waals surface area contributed by atoms with Crippen LogP contribution in [0.2, 0.25) is 0 Å². The first-order valence-corrected chi connectivity index (χ1v) is 13.4. The molecule has 2 aliphatic rings. The van der Waals surface area contributed by atoms with Crippen LogP contribution < -0.4 is 0 Å². The number of carbonyl (C=O) groups is 4. The van der Waals surface area contributed by atoms with E-state index in [1.165, 1.54) is 32.5 Å². The number of likely N-dealkylation sites (tertiary alicyclic amines) is 1. The number of carboxylic acids is 1. The first-order chi connectivity index (χ1) is 18.0.